The average molecular weight is 385 g/mol. The van der Waals surface area contributed by atoms with Crippen molar-refractivity contribution in [1.82, 2.24) is 19.6 Å². The molecule has 0 saturated carbocycles. The number of nitrogens with zero attached hydrogens (tertiary/aromatic N) is 4. The average Bonchev–Trinajstić information content (AvgIpc) is 3.05. The van der Waals surface area contributed by atoms with Crippen molar-refractivity contribution < 1.29 is 0 Å². The van der Waals surface area contributed by atoms with Crippen LogP contribution in [0.2, 0.25) is 10.0 Å². The molecule has 4 rings (SSSR count). The van der Waals surface area contributed by atoms with Crippen LogP contribution in [0.25, 0.3) is 16.9 Å². The Labute approximate surface area is 159 Å². The maximum atomic E-state index is 6.23. The Bertz CT molecular complexity index is 1080. The lowest BCUT2D eigenvalue weighted by atomic mass is 10.2. The van der Waals surface area contributed by atoms with Crippen LogP contribution in [0.3, 0.4) is 0 Å². The topological polar surface area (TPSA) is 81.1 Å². The van der Waals surface area contributed by atoms with Crippen LogP contribution in [-0.4, -0.2) is 19.6 Å². The number of nitrogen functional groups attached to an aromatic ring is 1. The molecule has 0 unspecified atom stereocenters. The molecule has 130 valence electrons. The van der Waals surface area contributed by atoms with E-state index in [1.807, 2.05) is 42.5 Å². The fraction of sp³-hybridized carbons (Fsp3) is 0.0556. The van der Waals surface area contributed by atoms with Crippen LogP contribution in [0.15, 0.2) is 54.6 Å². The molecular formula is C18H14Cl2N6. The van der Waals surface area contributed by atoms with Gasteiger partial charge in [-0.2, -0.15) is 19.6 Å². The van der Waals surface area contributed by atoms with E-state index in [2.05, 4.69) is 20.4 Å². The standard InChI is InChI=1S/C18H14Cl2N6/c19-13-7-6-12(14(20)8-13)10-22-18-24-17(21)23-16-9-15(25-26(16)18)11-4-2-1-3-5-11/h1-9H,10H2,(H3,21,22,23,24). The van der Waals surface area contributed by atoms with Gasteiger partial charge >= 0.3 is 0 Å². The minimum absolute atomic E-state index is 0.168. The summed E-state index contributed by atoms with van der Waals surface area (Å²) in [6, 6.07) is 17.1. The molecule has 0 spiro atoms. The first-order valence-electron chi connectivity index (χ1n) is 7.87. The van der Waals surface area contributed by atoms with Gasteiger partial charge in [0.15, 0.2) is 5.65 Å². The summed E-state index contributed by atoms with van der Waals surface area (Å²) in [5.41, 5.74) is 9.12. The Morgan fingerprint density at radius 3 is 2.58 bits per heavy atom. The summed E-state index contributed by atoms with van der Waals surface area (Å²) in [6.07, 6.45) is 0. The molecule has 0 aliphatic rings. The quantitative estimate of drug-likeness (QED) is 0.548. The number of aromatic nitrogens is 4. The Balaban J connectivity index is 1.69. The van der Waals surface area contributed by atoms with Gasteiger partial charge in [0.25, 0.3) is 0 Å². The molecule has 2 aromatic carbocycles. The lowest BCUT2D eigenvalue weighted by Crippen LogP contribution is -2.10. The third-order valence-electron chi connectivity index (χ3n) is 3.86. The molecule has 0 radical (unpaired) electrons. The molecule has 4 aromatic rings. The molecule has 0 aliphatic heterocycles. The first-order valence-corrected chi connectivity index (χ1v) is 8.62. The molecule has 0 aliphatic carbocycles. The van der Waals surface area contributed by atoms with Crippen molar-refractivity contribution in [3.63, 3.8) is 0 Å². The summed E-state index contributed by atoms with van der Waals surface area (Å²) < 4.78 is 1.63. The van der Waals surface area contributed by atoms with Crippen molar-refractivity contribution in [3.8, 4) is 11.3 Å². The number of anilines is 2. The van der Waals surface area contributed by atoms with E-state index in [1.165, 1.54) is 0 Å². The first-order chi connectivity index (χ1) is 12.6. The number of rotatable bonds is 4. The van der Waals surface area contributed by atoms with Crippen molar-refractivity contribution in [2.75, 3.05) is 11.1 Å². The van der Waals surface area contributed by atoms with Gasteiger partial charge in [-0.05, 0) is 17.7 Å². The zero-order valence-corrected chi connectivity index (χ0v) is 15.0. The van der Waals surface area contributed by atoms with Gasteiger partial charge in [0, 0.05) is 28.2 Å². The Morgan fingerprint density at radius 1 is 1.00 bits per heavy atom. The van der Waals surface area contributed by atoms with Crippen LogP contribution >= 0.6 is 23.2 Å². The van der Waals surface area contributed by atoms with Gasteiger partial charge in [0.1, 0.15) is 0 Å². The number of benzene rings is 2. The third kappa shape index (κ3) is 3.29. The van der Waals surface area contributed by atoms with Gasteiger partial charge in [0.05, 0.1) is 5.69 Å². The predicted molar refractivity (Wildman–Crippen MR) is 104 cm³/mol. The van der Waals surface area contributed by atoms with Crippen molar-refractivity contribution in [1.29, 1.82) is 0 Å². The molecule has 0 atom stereocenters. The number of nitrogens with one attached hydrogen (secondary N) is 1. The van der Waals surface area contributed by atoms with Gasteiger partial charge in [-0.1, -0.05) is 59.6 Å². The number of hydrogen-bond acceptors (Lipinski definition) is 5. The molecule has 26 heavy (non-hydrogen) atoms. The smallest absolute Gasteiger partial charge is 0.229 e. The summed E-state index contributed by atoms with van der Waals surface area (Å²) in [7, 11) is 0. The molecule has 0 bridgehead atoms. The van der Waals surface area contributed by atoms with Gasteiger partial charge in [0.2, 0.25) is 11.9 Å². The number of halogens is 2. The monoisotopic (exact) mass is 384 g/mol. The van der Waals surface area contributed by atoms with E-state index in [-0.39, 0.29) is 5.95 Å². The van der Waals surface area contributed by atoms with Crippen LogP contribution in [0.5, 0.6) is 0 Å². The number of hydrogen-bond donors (Lipinski definition) is 2. The summed E-state index contributed by atoms with van der Waals surface area (Å²) in [5.74, 6) is 0.655. The van der Waals surface area contributed by atoms with Crippen LogP contribution in [0.4, 0.5) is 11.9 Å². The lowest BCUT2D eigenvalue weighted by molar-refractivity contribution is 0.889. The SMILES string of the molecule is Nc1nc(NCc2ccc(Cl)cc2Cl)n2nc(-c3ccccc3)cc2n1. The van der Waals surface area contributed by atoms with Crippen molar-refractivity contribution in [2.24, 2.45) is 0 Å². The maximum Gasteiger partial charge on any atom is 0.229 e. The Kier molecular flexibility index (Phi) is 4.36. The van der Waals surface area contributed by atoms with E-state index in [1.54, 1.807) is 16.6 Å². The second-order valence-corrected chi connectivity index (χ2v) is 6.50. The molecular weight excluding hydrogens is 371 g/mol. The van der Waals surface area contributed by atoms with Crippen LogP contribution in [0, 0.1) is 0 Å². The lowest BCUT2D eigenvalue weighted by Gasteiger charge is -2.09. The van der Waals surface area contributed by atoms with E-state index < -0.39 is 0 Å². The predicted octanol–water partition coefficient (Wildman–Crippen LogP) is 4.29. The summed E-state index contributed by atoms with van der Waals surface area (Å²) in [4.78, 5) is 8.51. The fourth-order valence-electron chi connectivity index (χ4n) is 2.61. The van der Waals surface area contributed by atoms with E-state index in [4.69, 9.17) is 28.9 Å². The van der Waals surface area contributed by atoms with Crippen LogP contribution in [0.1, 0.15) is 5.56 Å². The van der Waals surface area contributed by atoms with E-state index in [0.717, 1.165) is 16.8 Å². The molecule has 0 fully saturated rings. The van der Waals surface area contributed by atoms with Gasteiger partial charge in [-0.3, -0.25) is 0 Å². The Hall–Kier alpha value is -2.83. The highest BCUT2D eigenvalue weighted by atomic mass is 35.5. The normalized spacial score (nSPS) is 11.0. The highest BCUT2D eigenvalue weighted by Crippen LogP contribution is 2.23. The Morgan fingerprint density at radius 2 is 1.81 bits per heavy atom. The van der Waals surface area contributed by atoms with Gasteiger partial charge in [-0.15, -0.1) is 0 Å². The highest BCUT2D eigenvalue weighted by molar-refractivity contribution is 6.35. The summed E-state index contributed by atoms with van der Waals surface area (Å²) in [6.45, 7) is 0.447. The minimum Gasteiger partial charge on any atom is -0.368 e. The zero-order chi connectivity index (χ0) is 18.1. The second kappa shape index (κ2) is 6.82. The largest absolute Gasteiger partial charge is 0.368 e. The third-order valence-corrected chi connectivity index (χ3v) is 4.45. The summed E-state index contributed by atoms with van der Waals surface area (Å²) in [5, 5.41) is 8.97. The minimum atomic E-state index is 0.168. The fourth-order valence-corrected chi connectivity index (χ4v) is 3.08. The molecule has 0 amide bonds. The molecule has 2 heterocycles. The van der Waals surface area contributed by atoms with Crippen LogP contribution in [-0.2, 0) is 6.54 Å². The zero-order valence-electron chi connectivity index (χ0n) is 13.5. The first kappa shape index (κ1) is 16.6. The molecule has 3 N–H and O–H groups in total. The molecule has 8 heteroatoms. The van der Waals surface area contributed by atoms with Crippen molar-refractivity contribution in [2.45, 2.75) is 6.54 Å². The number of nitrogens with two attached hydrogens (primary N) is 1. The van der Waals surface area contributed by atoms with E-state index in [9.17, 15) is 0 Å². The maximum absolute atomic E-state index is 6.23. The number of fused-ring (bicyclic) bond motifs is 1. The van der Waals surface area contributed by atoms with Gasteiger partial charge in [-0.25, -0.2) is 0 Å². The van der Waals surface area contributed by atoms with Gasteiger partial charge < -0.3 is 11.1 Å². The van der Waals surface area contributed by atoms with Crippen molar-refractivity contribution in [3.05, 3.63) is 70.2 Å². The molecule has 6 nitrogen and oxygen atoms in total. The van der Waals surface area contributed by atoms with Crippen LogP contribution < -0.4 is 11.1 Å². The summed E-state index contributed by atoms with van der Waals surface area (Å²) >= 11 is 12.2. The second-order valence-electron chi connectivity index (χ2n) is 5.66. The molecule has 2 aromatic heterocycles. The highest BCUT2D eigenvalue weighted by Gasteiger charge is 2.12. The molecule has 0 saturated heterocycles. The van der Waals surface area contributed by atoms with E-state index >= 15 is 0 Å². The van der Waals surface area contributed by atoms with Crippen molar-refractivity contribution >= 4 is 40.7 Å². The van der Waals surface area contributed by atoms with E-state index in [0.29, 0.717) is 28.2 Å².